The van der Waals surface area contributed by atoms with Crippen LogP contribution in [-0.4, -0.2) is 160 Å². The highest BCUT2D eigenvalue weighted by molar-refractivity contribution is 5.99. The van der Waals surface area contributed by atoms with Crippen LogP contribution < -0.4 is 11.1 Å². The van der Waals surface area contributed by atoms with E-state index in [-0.39, 0.29) is 25.0 Å². The van der Waals surface area contributed by atoms with Gasteiger partial charge in [0.05, 0.1) is 48.2 Å². The van der Waals surface area contributed by atoms with Crippen LogP contribution >= 0.6 is 0 Å². The topological polar surface area (TPSA) is 215 Å². The molecule has 3 aliphatic rings. The molecule has 392 valence electrons. The molecule has 3 fully saturated rings. The Balaban J connectivity index is 1.05. The summed E-state index contributed by atoms with van der Waals surface area (Å²) in [6, 6.07) is 16.1. The quantitative estimate of drug-likeness (QED) is 0.0516. The number of aliphatic hydroxyl groups excluding tert-OH is 1. The lowest BCUT2D eigenvalue weighted by Gasteiger charge is -2.48. The summed E-state index contributed by atoms with van der Waals surface area (Å²) in [6.45, 7) is 14.8. The zero-order valence-corrected chi connectivity index (χ0v) is 43.6. The third-order valence-corrected chi connectivity index (χ3v) is 14.9. The molecular formula is C54H76N8O10. The number of ether oxygens (including phenoxy) is 6. The summed E-state index contributed by atoms with van der Waals surface area (Å²) >= 11 is 0. The van der Waals surface area contributed by atoms with Gasteiger partial charge in [0.15, 0.2) is 11.9 Å². The lowest BCUT2D eigenvalue weighted by atomic mass is 9.83. The number of nitrogens with one attached hydrogen (secondary N) is 1. The van der Waals surface area contributed by atoms with Crippen LogP contribution in [0.1, 0.15) is 86.1 Å². The number of aryl methyl sites for hydroxylation is 1. The van der Waals surface area contributed by atoms with E-state index in [1.807, 2.05) is 127 Å². The third-order valence-electron chi connectivity index (χ3n) is 14.9. The number of rotatable bonds is 15. The molecule has 13 atom stereocenters. The number of methoxy groups -OCH3 is 1. The van der Waals surface area contributed by atoms with Crippen LogP contribution in [0.15, 0.2) is 73.1 Å². The van der Waals surface area contributed by atoms with Crippen molar-refractivity contribution in [2.75, 3.05) is 46.6 Å². The molecule has 0 saturated carbocycles. The summed E-state index contributed by atoms with van der Waals surface area (Å²) in [7, 11) is 5.30. The number of carbonyl (C=O) groups is 3. The molecule has 3 aliphatic heterocycles. The van der Waals surface area contributed by atoms with E-state index in [0.29, 0.717) is 51.0 Å². The monoisotopic (exact) mass is 997 g/mol. The SMILES string of the molecule is CC[C@H]1OC(=O)[C@H](C)C(=O)C[C@@H](O[C@@H]2O[C@H](C)C(OC/C=C/c3cnc4ccccc4c3)C(N(C)C)C2O)[C@](C)(OC)C[C@@H](C)CN[C@H](C)[C@H]2N(CCCCn3cc(-c4cccc(N)c4)nn3)C(=O)O[C@]12C. The van der Waals surface area contributed by atoms with Crippen molar-refractivity contribution in [3.05, 3.63) is 78.6 Å². The number of pyridine rings is 1. The molecule has 0 bridgehead atoms. The number of aromatic nitrogens is 4. The number of hydrogen-bond acceptors (Lipinski definition) is 16. The predicted octanol–water partition coefficient (Wildman–Crippen LogP) is 6.30. The zero-order chi connectivity index (χ0) is 51.9. The average molecular weight is 997 g/mol. The van der Waals surface area contributed by atoms with E-state index in [0.717, 1.165) is 27.7 Å². The largest absolute Gasteiger partial charge is 0.458 e. The van der Waals surface area contributed by atoms with E-state index in [1.54, 1.807) is 16.7 Å². The minimum absolute atomic E-state index is 0.0551. The smallest absolute Gasteiger partial charge is 0.410 e. The number of unbranched alkanes of at least 4 members (excludes halogenated alkanes) is 1. The highest BCUT2D eigenvalue weighted by Gasteiger charge is 2.58. The molecule has 5 heterocycles. The van der Waals surface area contributed by atoms with Gasteiger partial charge in [0.25, 0.3) is 0 Å². The zero-order valence-electron chi connectivity index (χ0n) is 43.6. The van der Waals surface area contributed by atoms with Gasteiger partial charge in [-0.05, 0) is 117 Å². The van der Waals surface area contributed by atoms with Gasteiger partial charge in [0.2, 0.25) is 0 Å². The molecule has 18 heteroatoms. The average Bonchev–Trinajstić information content (AvgIpc) is 3.93. The maximum Gasteiger partial charge on any atom is 0.410 e. The fraction of sp³-hybridized carbons (Fsp3) is 0.593. The van der Waals surface area contributed by atoms with Gasteiger partial charge in [0.1, 0.15) is 35.7 Å². The van der Waals surface area contributed by atoms with Gasteiger partial charge in [0, 0.05) is 55.5 Å². The number of nitrogens with zero attached hydrogens (tertiary/aromatic N) is 6. The highest BCUT2D eigenvalue weighted by atomic mass is 16.7. The molecule has 0 radical (unpaired) electrons. The number of likely N-dealkylation sites (N-methyl/N-ethyl adjacent to an activating group) is 1. The summed E-state index contributed by atoms with van der Waals surface area (Å²) in [5, 5.41) is 25.4. The first-order valence-electron chi connectivity index (χ1n) is 25.4. The maximum absolute atomic E-state index is 14.4. The summed E-state index contributed by atoms with van der Waals surface area (Å²) in [4.78, 5) is 50.6. The van der Waals surface area contributed by atoms with Gasteiger partial charge >= 0.3 is 12.1 Å². The summed E-state index contributed by atoms with van der Waals surface area (Å²) in [5.74, 6) is -2.44. The molecule has 7 rings (SSSR count). The standard InChI is InChI=1S/C54H76N8O10/c1-11-44-54(7)49(62(52(66)72-54)24-15-14-23-61-32-42(58-59-61)39-20-16-21-40(55)27-39)35(4)56-30-33(2)29-53(6,67-10)45(28-43(63)34(3)50(65)70-44)71-51-47(64)46(60(8)9)48(36(5)69-51)68-25-17-18-37-26-38-19-12-13-22-41(38)57-31-37/h12-13,16-22,26-27,31-36,44-49,51,56,64H,11,14-15,23-25,28-30,55H2,1-10H3/b18-17+/t33-,34-,35-,36-,44-,45-,46?,47?,48?,49-,51+,53-,54-/m1/s1. The number of hydrogen-bond donors (Lipinski definition) is 3. The van der Waals surface area contributed by atoms with Crippen LogP contribution in [0.5, 0.6) is 0 Å². The number of cyclic esters (lactones) is 1. The number of ketones is 1. The predicted molar refractivity (Wildman–Crippen MR) is 273 cm³/mol. The van der Waals surface area contributed by atoms with Crippen LogP contribution in [0.3, 0.4) is 0 Å². The Hall–Kier alpha value is -5.34. The van der Waals surface area contributed by atoms with Gasteiger partial charge < -0.3 is 49.5 Å². The van der Waals surface area contributed by atoms with E-state index in [1.165, 1.54) is 6.92 Å². The molecule has 18 nitrogen and oxygen atoms in total. The summed E-state index contributed by atoms with van der Waals surface area (Å²) in [5.41, 5.74) is 7.73. The molecule has 3 saturated heterocycles. The number of amides is 1. The molecular weight excluding hydrogens is 921 g/mol. The number of fused-ring (bicyclic) bond motifs is 2. The minimum Gasteiger partial charge on any atom is -0.458 e. The van der Waals surface area contributed by atoms with Crippen molar-refractivity contribution in [3.8, 4) is 11.3 Å². The second-order valence-corrected chi connectivity index (χ2v) is 20.6. The molecule has 0 spiro atoms. The molecule has 3 unspecified atom stereocenters. The molecule has 2 aromatic heterocycles. The Morgan fingerprint density at radius 3 is 2.53 bits per heavy atom. The van der Waals surface area contributed by atoms with E-state index in [9.17, 15) is 19.5 Å². The molecule has 72 heavy (non-hydrogen) atoms. The van der Waals surface area contributed by atoms with E-state index >= 15 is 0 Å². The van der Waals surface area contributed by atoms with Crippen molar-refractivity contribution in [1.29, 1.82) is 0 Å². The van der Waals surface area contributed by atoms with Crippen LogP contribution in [0.4, 0.5) is 10.5 Å². The van der Waals surface area contributed by atoms with E-state index in [4.69, 9.17) is 34.2 Å². The lowest BCUT2D eigenvalue weighted by Crippen LogP contribution is -2.64. The number of nitrogens with two attached hydrogens (primary N) is 1. The van der Waals surface area contributed by atoms with Gasteiger partial charge in [-0.1, -0.05) is 61.5 Å². The Bertz CT molecular complexity index is 2510. The number of para-hydroxylation sites is 1. The molecule has 1 amide bonds. The fourth-order valence-electron chi connectivity index (χ4n) is 10.8. The first-order valence-corrected chi connectivity index (χ1v) is 25.4. The van der Waals surface area contributed by atoms with Crippen molar-refractivity contribution in [2.45, 2.75) is 153 Å². The van der Waals surface area contributed by atoms with Crippen LogP contribution in [0.2, 0.25) is 0 Å². The van der Waals surface area contributed by atoms with Crippen molar-refractivity contribution >= 4 is 40.5 Å². The normalized spacial score (nSPS) is 32.1. The highest BCUT2D eigenvalue weighted by Crippen LogP contribution is 2.40. The summed E-state index contributed by atoms with van der Waals surface area (Å²) in [6.07, 6.45) is 3.61. The third kappa shape index (κ3) is 12.4. The van der Waals surface area contributed by atoms with E-state index in [2.05, 4.69) is 33.6 Å². The van der Waals surface area contributed by atoms with Gasteiger partial charge in [-0.2, -0.15) is 0 Å². The fourth-order valence-corrected chi connectivity index (χ4v) is 10.8. The maximum atomic E-state index is 14.4. The second-order valence-electron chi connectivity index (χ2n) is 20.6. The van der Waals surface area contributed by atoms with Gasteiger partial charge in [-0.25, -0.2) is 4.79 Å². The number of carbonyl (C=O) groups excluding carboxylic acids is 3. The Morgan fingerprint density at radius 1 is 1.03 bits per heavy atom. The Kier molecular flexibility index (Phi) is 17.9. The lowest BCUT2D eigenvalue weighted by molar-refractivity contribution is -0.312. The first-order chi connectivity index (χ1) is 34.3. The minimum atomic E-state index is -1.26. The van der Waals surface area contributed by atoms with E-state index < -0.39 is 83.9 Å². The molecule has 0 aliphatic carbocycles. The van der Waals surface area contributed by atoms with Crippen molar-refractivity contribution in [1.82, 2.24) is 35.1 Å². The van der Waals surface area contributed by atoms with Crippen molar-refractivity contribution in [2.24, 2.45) is 11.8 Å². The number of anilines is 1. The van der Waals surface area contributed by atoms with Crippen LogP contribution in [-0.2, 0) is 44.6 Å². The molecule has 2 aromatic carbocycles. The van der Waals surface area contributed by atoms with Gasteiger partial charge in [-0.3, -0.25) is 24.2 Å². The Labute approximate surface area is 423 Å². The number of nitrogen functional groups attached to an aromatic ring is 1. The molecule has 4 N–H and O–H groups in total. The number of aliphatic hydroxyl groups is 1. The van der Waals surface area contributed by atoms with Gasteiger partial charge in [-0.15, -0.1) is 5.10 Å². The van der Waals surface area contributed by atoms with Crippen molar-refractivity contribution < 1.29 is 47.9 Å². The molecule has 4 aromatic rings. The first kappa shape index (κ1) is 54.4. The Morgan fingerprint density at radius 2 is 1.79 bits per heavy atom. The number of Topliss-reactive ketones (excluding diaryl/α,β-unsaturated/α-hetero) is 1. The van der Waals surface area contributed by atoms with Crippen molar-refractivity contribution in [3.63, 3.8) is 0 Å². The summed E-state index contributed by atoms with van der Waals surface area (Å²) < 4.78 is 40.1. The second kappa shape index (κ2) is 23.7. The number of benzene rings is 2. The number of esters is 1. The van der Waals surface area contributed by atoms with Crippen LogP contribution in [0, 0.1) is 11.8 Å². The van der Waals surface area contributed by atoms with Crippen LogP contribution in [0.25, 0.3) is 28.2 Å².